The fraction of sp³-hybridized carbons (Fsp3) is 0.389. The number of halogens is 1. The molecule has 2 rings (SSSR count). The molecule has 0 saturated carbocycles. The lowest BCUT2D eigenvalue weighted by Gasteiger charge is -2.13. The van der Waals surface area contributed by atoms with Crippen LogP contribution in [0, 0.1) is 3.57 Å². The first-order valence-corrected chi connectivity index (χ1v) is 9.33. The third-order valence-electron chi connectivity index (χ3n) is 4.01. The van der Waals surface area contributed by atoms with E-state index in [2.05, 4.69) is 22.6 Å². The van der Waals surface area contributed by atoms with Crippen molar-refractivity contribution in [2.24, 2.45) is 0 Å². The van der Waals surface area contributed by atoms with Crippen LogP contribution in [0.4, 0.5) is 0 Å². The van der Waals surface area contributed by atoms with Crippen LogP contribution in [-0.4, -0.2) is 34.4 Å². The molecule has 0 aliphatic carbocycles. The molecule has 7 heteroatoms. The summed E-state index contributed by atoms with van der Waals surface area (Å²) < 4.78 is 1.08. The van der Waals surface area contributed by atoms with E-state index in [9.17, 15) is 14.4 Å². The van der Waals surface area contributed by atoms with Crippen molar-refractivity contribution in [3.8, 4) is 0 Å². The Balaban J connectivity index is 1.82. The average molecular weight is 456 g/mol. The smallest absolute Gasteiger partial charge is 0.256 e. The number of hydrogen-bond acceptors (Lipinski definition) is 4. The van der Waals surface area contributed by atoms with Gasteiger partial charge in [0.1, 0.15) is 0 Å². The van der Waals surface area contributed by atoms with Crippen LogP contribution < -0.4 is 5.48 Å². The molecule has 1 heterocycles. The molecule has 0 aromatic heterocycles. The van der Waals surface area contributed by atoms with Gasteiger partial charge in [0.2, 0.25) is 11.8 Å². The van der Waals surface area contributed by atoms with E-state index < -0.39 is 5.91 Å². The lowest BCUT2D eigenvalue weighted by Crippen LogP contribution is -2.30. The predicted molar refractivity (Wildman–Crippen MR) is 101 cm³/mol. The molecule has 1 aliphatic heterocycles. The van der Waals surface area contributed by atoms with Crippen LogP contribution in [0.25, 0.3) is 6.08 Å². The maximum Gasteiger partial charge on any atom is 0.256 e. The SMILES string of the molecule is O=C(CCCCCCN1C(=O)CC(=Cc2cccc(I)c2)C1=O)NO. The molecule has 2 N–H and O–H groups in total. The van der Waals surface area contributed by atoms with Crippen LogP contribution in [0.5, 0.6) is 0 Å². The number of amides is 3. The number of benzene rings is 1. The van der Waals surface area contributed by atoms with Crippen LogP contribution in [0.15, 0.2) is 29.8 Å². The predicted octanol–water partition coefficient (Wildman–Crippen LogP) is 2.89. The summed E-state index contributed by atoms with van der Waals surface area (Å²) in [6.45, 7) is 0.410. The number of rotatable bonds is 8. The van der Waals surface area contributed by atoms with E-state index in [4.69, 9.17) is 5.21 Å². The highest BCUT2D eigenvalue weighted by Gasteiger charge is 2.32. The normalized spacial score (nSPS) is 15.9. The Hall–Kier alpha value is -1.74. The summed E-state index contributed by atoms with van der Waals surface area (Å²) in [6, 6.07) is 7.78. The second kappa shape index (κ2) is 9.67. The maximum absolute atomic E-state index is 12.4. The van der Waals surface area contributed by atoms with Gasteiger partial charge in [0.25, 0.3) is 5.91 Å². The van der Waals surface area contributed by atoms with Gasteiger partial charge in [-0.1, -0.05) is 25.0 Å². The molecule has 6 nitrogen and oxygen atoms in total. The van der Waals surface area contributed by atoms with Crippen molar-refractivity contribution < 1.29 is 19.6 Å². The summed E-state index contributed by atoms with van der Waals surface area (Å²) in [7, 11) is 0. The first kappa shape index (κ1) is 19.6. The number of carbonyl (C=O) groups excluding carboxylic acids is 3. The van der Waals surface area contributed by atoms with E-state index in [0.29, 0.717) is 18.5 Å². The second-order valence-corrected chi connectivity index (χ2v) is 7.20. The fourth-order valence-electron chi connectivity index (χ4n) is 2.72. The quantitative estimate of drug-likeness (QED) is 0.157. The van der Waals surface area contributed by atoms with E-state index >= 15 is 0 Å². The Morgan fingerprint density at radius 3 is 2.72 bits per heavy atom. The van der Waals surface area contributed by atoms with Gasteiger partial charge in [-0.2, -0.15) is 0 Å². The third-order valence-corrected chi connectivity index (χ3v) is 4.68. The van der Waals surface area contributed by atoms with Gasteiger partial charge in [0, 0.05) is 22.1 Å². The summed E-state index contributed by atoms with van der Waals surface area (Å²) in [5, 5.41) is 8.40. The van der Waals surface area contributed by atoms with E-state index in [-0.39, 0.29) is 24.7 Å². The van der Waals surface area contributed by atoms with Crippen molar-refractivity contribution >= 4 is 46.4 Å². The molecule has 0 spiro atoms. The van der Waals surface area contributed by atoms with Crippen molar-refractivity contribution in [2.75, 3.05) is 6.54 Å². The minimum Gasteiger partial charge on any atom is -0.289 e. The highest BCUT2D eigenvalue weighted by Crippen LogP contribution is 2.23. The van der Waals surface area contributed by atoms with E-state index in [1.807, 2.05) is 24.3 Å². The lowest BCUT2D eigenvalue weighted by atomic mass is 10.1. The largest absolute Gasteiger partial charge is 0.289 e. The zero-order valence-corrected chi connectivity index (χ0v) is 16.0. The molecule has 0 unspecified atom stereocenters. The van der Waals surface area contributed by atoms with Gasteiger partial charge in [-0.25, -0.2) is 5.48 Å². The first-order valence-electron chi connectivity index (χ1n) is 8.25. The molecule has 1 saturated heterocycles. The van der Waals surface area contributed by atoms with Crippen molar-refractivity contribution in [1.29, 1.82) is 0 Å². The molecule has 1 fully saturated rings. The number of unbranched alkanes of at least 4 members (excludes halogenated alkanes) is 3. The van der Waals surface area contributed by atoms with Gasteiger partial charge < -0.3 is 0 Å². The monoisotopic (exact) mass is 456 g/mol. The highest BCUT2D eigenvalue weighted by molar-refractivity contribution is 14.1. The van der Waals surface area contributed by atoms with Gasteiger partial charge in [0.05, 0.1) is 6.42 Å². The van der Waals surface area contributed by atoms with Crippen LogP contribution in [0.2, 0.25) is 0 Å². The number of likely N-dealkylation sites (tertiary alicyclic amines) is 1. The molecular formula is C18H21IN2O4. The van der Waals surface area contributed by atoms with E-state index in [0.717, 1.165) is 28.4 Å². The van der Waals surface area contributed by atoms with Crippen molar-refractivity contribution in [3.05, 3.63) is 39.0 Å². The van der Waals surface area contributed by atoms with Gasteiger partial charge in [-0.15, -0.1) is 0 Å². The number of hydroxylamine groups is 1. The Labute approximate surface area is 160 Å². The zero-order valence-electron chi connectivity index (χ0n) is 13.8. The molecule has 0 radical (unpaired) electrons. The Kier molecular flexibility index (Phi) is 7.57. The minimum absolute atomic E-state index is 0.151. The number of hydrogen-bond donors (Lipinski definition) is 2. The molecule has 0 atom stereocenters. The van der Waals surface area contributed by atoms with Crippen LogP contribution in [0.3, 0.4) is 0 Å². The van der Waals surface area contributed by atoms with Crippen molar-refractivity contribution in [1.82, 2.24) is 10.4 Å². The molecule has 1 aromatic rings. The summed E-state index contributed by atoms with van der Waals surface area (Å²) >= 11 is 2.21. The van der Waals surface area contributed by atoms with E-state index in [1.165, 1.54) is 4.90 Å². The van der Waals surface area contributed by atoms with Gasteiger partial charge >= 0.3 is 0 Å². The van der Waals surface area contributed by atoms with Crippen molar-refractivity contribution in [3.63, 3.8) is 0 Å². The molecule has 25 heavy (non-hydrogen) atoms. The van der Waals surface area contributed by atoms with Gasteiger partial charge in [-0.05, 0) is 59.2 Å². The average Bonchev–Trinajstić information content (AvgIpc) is 2.84. The number of nitrogens with zero attached hydrogens (tertiary/aromatic N) is 1. The maximum atomic E-state index is 12.4. The summed E-state index contributed by atoms with van der Waals surface area (Å²) in [4.78, 5) is 36.7. The van der Waals surface area contributed by atoms with E-state index in [1.54, 1.807) is 11.6 Å². The topological polar surface area (TPSA) is 86.7 Å². The number of imide groups is 1. The summed E-state index contributed by atoms with van der Waals surface area (Å²) in [5.41, 5.74) is 3.05. The first-order chi connectivity index (χ1) is 12.0. The third kappa shape index (κ3) is 5.93. The van der Waals surface area contributed by atoms with Gasteiger partial charge in [-0.3, -0.25) is 24.5 Å². The molecular weight excluding hydrogens is 435 g/mol. The Bertz CT molecular complexity index is 687. The van der Waals surface area contributed by atoms with Crippen LogP contribution in [-0.2, 0) is 14.4 Å². The molecule has 1 aromatic carbocycles. The Morgan fingerprint density at radius 2 is 2.00 bits per heavy atom. The summed E-state index contributed by atoms with van der Waals surface area (Å²) in [6.07, 6.45) is 5.25. The van der Waals surface area contributed by atoms with Gasteiger partial charge in [0.15, 0.2) is 0 Å². The zero-order chi connectivity index (χ0) is 18.2. The van der Waals surface area contributed by atoms with Crippen LogP contribution >= 0.6 is 22.6 Å². The van der Waals surface area contributed by atoms with Crippen LogP contribution in [0.1, 0.15) is 44.1 Å². The number of nitrogens with one attached hydrogen (secondary N) is 1. The molecule has 134 valence electrons. The highest BCUT2D eigenvalue weighted by atomic mass is 127. The number of carbonyl (C=O) groups is 3. The standard InChI is InChI=1S/C18H21IN2O4/c19-15-7-5-6-13(11-15)10-14-12-17(23)21(18(14)24)9-4-2-1-3-8-16(22)20-25/h5-7,10-11,25H,1-4,8-9,12H2,(H,20,22). The molecule has 0 bridgehead atoms. The Morgan fingerprint density at radius 1 is 1.24 bits per heavy atom. The minimum atomic E-state index is -0.393. The summed E-state index contributed by atoms with van der Waals surface area (Å²) in [5.74, 6) is -0.750. The molecule has 1 aliphatic rings. The second-order valence-electron chi connectivity index (χ2n) is 5.95. The fourth-order valence-corrected chi connectivity index (χ4v) is 3.29. The van der Waals surface area contributed by atoms with Crippen molar-refractivity contribution in [2.45, 2.75) is 38.5 Å². The molecule has 3 amide bonds. The lowest BCUT2D eigenvalue weighted by molar-refractivity contribution is -0.137.